The molecule has 1 aromatic rings. The molecule has 2 rings (SSSR count). The van der Waals surface area contributed by atoms with Crippen molar-refractivity contribution in [2.24, 2.45) is 0 Å². The molecule has 0 atom stereocenters. The standard InChI is InChI=1S/C10H14N2O3.ClH/c1-6-8(10(13)14)12-9(15-6)7-2-4-11-5-3-7;/h7,11H,2-5H2,1H3,(H,13,14);1H. The highest BCUT2D eigenvalue weighted by Crippen LogP contribution is 2.26. The van der Waals surface area contributed by atoms with E-state index in [2.05, 4.69) is 10.3 Å². The maximum atomic E-state index is 10.8. The zero-order valence-electron chi connectivity index (χ0n) is 9.02. The van der Waals surface area contributed by atoms with Crippen LogP contribution in [-0.2, 0) is 0 Å². The second-order valence-corrected chi connectivity index (χ2v) is 3.79. The molecule has 1 aliphatic rings. The van der Waals surface area contributed by atoms with E-state index in [9.17, 15) is 4.79 Å². The van der Waals surface area contributed by atoms with Gasteiger partial charge in [0.25, 0.3) is 0 Å². The monoisotopic (exact) mass is 246 g/mol. The van der Waals surface area contributed by atoms with Crippen LogP contribution in [0, 0.1) is 6.92 Å². The summed E-state index contributed by atoms with van der Waals surface area (Å²) in [5, 5.41) is 12.1. The summed E-state index contributed by atoms with van der Waals surface area (Å²) in [5.41, 5.74) is 0.0449. The third-order valence-electron chi connectivity index (χ3n) is 2.70. The normalized spacial score (nSPS) is 16.8. The highest BCUT2D eigenvalue weighted by Gasteiger charge is 2.23. The summed E-state index contributed by atoms with van der Waals surface area (Å²) in [6.45, 7) is 3.52. The maximum absolute atomic E-state index is 10.8. The molecule has 0 amide bonds. The van der Waals surface area contributed by atoms with Crippen LogP contribution in [0.5, 0.6) is 0 Å². The summed E-state index contributed by atoms with van der Waals surface area (Å²) in [5.74, 6) is 0.219. The number of hydrogen-bond acceptors (Lipinski definition) is 4. The summed E-state index contributed by atoms with van der Waals surface area (Å²) in [6.07, 6.45) is 1.91. The van der Waals surface area contributed by atoms with Crippen molar-refractivity contribution < 1.29 is 14.3 Å². The molecule has 6 heteroatoms. The molecule has 2 N–H and O–H groups in total. The number of nitrogens with zero attached hydrogens (tertiary/aromatic N) is 1. The van der Waals surface area contributed by atoms with Crippen LogP contribution in [0.2, 0.25) is 0 Å². The number of carboxylic acid groups (broad SMARTS) is 1. The number of aromatic nitrogens is 1. The summed E-state index contributed by atoms with van der Waals surface area (Å²) < 4.78 is 5.40. The van der Waals surface area contributed by atoms with E-state index >= 15 is 0 Å². The number of piperidine rings is 1. The van der Waals surface area contributed by atoms with E-state index in [0.717, 1.165) is 25.9 Å². The zero-order valence-corrected chi connectivity index (χ0v) is 9.84. The van der Waals surface area contributed by atoms with E-state index in [1.165, 1.54) is 0 Å². The van der Waals surface area contributed by atoms with Crippen molar-refractivity contribution in [2.45, 2.75) is 25.7 Å². The van der Waals surface area contributed by atoms with Crippen molar-refractivity contribution in [3.63, 3.8) is 0 Å². The minimum atomic E-state index is -1.02. The van der Waals surface area contributed by atoms with Gasteiger partial charge in [0.15, 0.2) is 11.6 Å². The van der Waals surface area contributed by atoms with Crippen LogP contribution < -0.4 is 5.32 Å². The molecule has 0 spiro atoms. The van der Waals surface area contributed by atoms with Crippen molar-refractivity contribution in [1.29, 1.82) is 0 Å². The van der Waals surface area contributed by atoms with E-state index in [1.807, 2.05) is 0 Å². The van der Waals surface area contributed by atoms with E-state index in [4.69, 9.17) is 9.52 Å². The summed E-state index contributed by atoms with van der Waals surface area (Å²) in [7, 11) is 0. The van der Waals surface area contributed by atoms with E-state index < -0.39 is 5.97 Å². The molecule has 1 saturated heterocycles. The third-order valence-corrected chi connectivity index (χ3v) is 2.70. The van der Waals surface area contributed by atoms with E-state index in [1.54, 1.807) is 6.92 Å². The largest absolute Gasteiger partial charge is 0.476 e. The van der Waals surface area contributed by atoms with Gasteiger partial charge in [-0.05, 0) is 32.9 Å². The van der Waals surface area contributed by atoms with Crippen LogP contribution in [0.25, 0.3) is 0 Å². The van der Waals surface area contributed by atoms with Crippen LogP contribution in [-0.4, -0.2) is 29.1 Å². The topological polar surface area (TPSA) is 75.4 Å². The molecule has 0 aliphatic carbocycles. The summed E-state index contributed by atoms with van der Waals surface area (Å²) >= 11 is 0. The van der Waals surface area contributed by atoms with E-state index in [0.29, 0.717) is 11.7 Å². The van der Waals surface area contributed by atoms with Gasteiger partial charge >= 0.3 is 5.97 Å². The second kappa shape index (κ2) is 5.32. The number of halogens is 1. The lowest BCUT2D eigenvalue weighted by Crippen LogP contribution is -2.26. The molecular weight excluding hydrogens is 232 g/mol. The highest BCUT2D eigenvalue weighted by molar-refractivity contribution is 5.86. The number of rotatable bonds is 2. The third kappa shape index (κ3) is 2.54. The molecule has 1 aromatic heterocycles. The first kappa shape index (κ1) is 13.0. The van der Waals surface area contributed by atoms with Crippen LogP contribution in [0.3, 0.4) is 0 Å². The fourth-order valence-corrected chi connectivity index (χ4v) is 1.86. The molecule has 2 heterocycles. The first-order chi connectivity index (χ1) is 7.18. The smallest absolute Gasteiger partial charge is 0.358 e. The molecule has 0 radical (unpaired) electrons. The number of aryl methyl sites for hydroxylation is 1. The van der Waals surface area contributed by atoms with Gasteiger partial charge < -0.3 is 14.8 Å². The quantitative estimate of drug-likeness (QED) is 0.829. The number of oxazole rings is 1. The van der Waals surface area contributed by atoms with Gasteiger partial charge in [-0.1, -0.05) is 0 Å². The van der Waals surface area contributed by atoms with Gasteiger partial charge in [0.1, 0.15) is 5.76 Å². The molecule has 5 nitrogen and oxygen atoms in total. The predicted molar refractivity (Wildman–Crippen MR) is 60.3 cm³/mol. The molecular formula is C10H15ClN2O3. The fraction of sp³-hybridized carbons (Fsp3) is 0.600. The SMILES string of the molecule is Cc1oc(C2CCNCC2)nc1C(=O)O.Cl. The van der Waals surface area contributed by atoms with Gasteiger partial charge in [0.2, 0.25) is 0 Å². The zero-order chi connectivity index (χ0) is 10.8. The van der Waals surface area contributed by atoms with Gasteiger partial charge in [0, 0.05) is 5.92 Å². The summed E-state index contributed by atoms with van der Waals surface area (Å²) in [4.78, 5) is 14.8. The van der Waals surface area contributed by atoms with Crippen molar-refractivity contribution in [1.82, 2.24) is 10.3 Å². The lowest BCUT2D eigenvalue weighted by Gasteiger charge is -2.19. The Morgan fingerprint density at radius 1 is 1.50 bits per heavy atom. The van der Waals surface area contributed by atoms with Crippen molar-refractivity contribution in [3.05, 3.63) is 17.3 Å². The Labute approximate surface area is 99.7 Å². The van der Waals surface area contributed by atoms with Gasteiger partial charge in [0.05, 0.1) is 0 Å². The Morgan fingerprint density at radius 2 is 2.12 bits per heavy atom. The average Bonchev–Trinajstić information content (AvgIpc) is 2.62. The number of carboxylic acids is 1. The molecule has 1 aliphatic heterocycles. The molecule has 0 aromatic carbocycles. The maximum Gasteiger partial charge on any atom is 0.358 e. The summed E-state index contributed by atoms with van der Waals surface area (Å²) in [6, 6.07) is 0. The molecule has 16 heavy (non-hydrogen) atoms. The molecule has 0 saturated carbocycles. The van der Waals surface area contributed by atoms with Gasteiger partial charge in [-0.25, -0.2) is 9.78 Å². The van der Waals surface area contributed by atoms with Crippen molar-refractivity contribution in [2.75, 3.05) is 13.1 Å². The number of carbonyl (C=O) groups is 1. The first-order valence-corrected chi connectivity index (χ1v) is 5.10. The lowest BCUT2D eigenvalue weighted by atomic mass is 9.98. The molecule has 0 unspecified atom stereocenters. The molecule has 90 valence electrons. The van der Waals surface area contributed by atoms with Gasteiger partial charge in [-0.2, -0.15) is 0 Å². The molecule has 0 bridgehead atoms. The van der Waals surface area contributed by atoms with Gasteiger partial charge in [-0.15, -0.1) is 12.4 Å². The van der Waals surface area contributed by atoms with Crippen LogP contribution >= 0.6 is 12.4 Å². The Morgan fingerprint density at radius 3 is 2.62 bits per heavy atom. The average molecular weight is 247 g/mol. The Kier molecular flexibility index (Phi) is 4.32. The minimum Gasteiger partial charge on any atom is -0.476 e. The Balaban J connectivity index is 0.00000128. The van der Waals surface area contributed by atoms with Crippen molar-refractivity contribution in [3.8, 4) is 0 Å². The predicted octanol–water partition coefficient (Wildman–Crippen LogP) is 1.57. The van der Waals surface area contributed by atoms with E-state index in [-0.39, 0.29) is 24.0 Å². The highest BCUT2D eigenvalue weighted by atomic mass is 35.5. The van der Waals surface area contributed by atoms with Gasteiger partial charge in [-0.3, -0.25) is 0 Å². The minimum absolute atomic E-state index is 0. The Hall–Kier alpha value is -1.07. The Bertz CT molecular complexity index is 372. The molecule has 1 fully saturated rings. The first-order valence-electron chi connectivity index (χ1n) is 5.10. The number of nitrogens with one attached hydrogen (secondary N) is 1. The van der Waals surface area contributed by atoms with Crippen LogP contribution in [0.15, 0.2) is 4.42 Å². The number of hydrogen-bond donors (Lipinski definition) is 2. The van der Waals surface area contributed by atoms with Crippen molar-refractivity contribution >= 4 is 18.4 Å². The second-order valence-electron chi connectivity index (χ2n) is 3.79. The number of aromatic carboxylic acids is 1. The van der Waals surface area contributed by atoms with Crippen LogP contribution in [0.1, 0.15) is 40.9 Å². The lowest BCUT2D eigenvalue weighted by molar-refractivity contribution is 0.0689. The van der Waals surface area contributed by atoms with Crippen LogP contribution in [0.4, 0.5) is 0 Å². The fourth-order valence-electron chi connectivity index (χ4n) is 1.86.